The zero-order valence-corrected chi connectivity index (χ0v) is 14.3. The number of carbonyl (C=O) groups excluding carboxylic acids is 3. The number of aliphatic imine (C=N–C) groups is 1. The third-order valence-electron chi connectivity index (χ3n) is 4.10. The van der Waals surface area contributed by atoms with E-state index in [2.05, 4.69) is 14.7 Å². The summed E-state index contributed by atoms with van der Waals surface area (Å²) in [7, 11) is 1.27. The third-order valence-corrected chi connectivity index (χ3v) is 4.10. The van der Waals surface area contributed by atoms with Gasteiger partial charge in [-0.25, -0.2) is 14.7 Å². The highest BCUT2D eigenvalue weighted by molar-refractivity contribution is 6.28. The van der Waals surface area contributed by atoms with Gasteiger partial charge in [0.15, 0.2) is 0 Å². The van der Waals surface area contributed by atoms with Crippen molar-refractivity contribution >= 4 is 29.8 Å². The van der Waals surface area contributed by atoms with Crippen LogP contribution in [0.1, 0.15) is 28.8 Å². The van der Waals surface area contributed by atoms with Gasteiger partial charge in [0.25, 0.3) is 5.91 Å². The number of hydrogen-bond donors (Lipinski definition) is 0. The smallest absolute Gasteiger partial charge is 0.330 e. The molecule has 2 aromatic rings. The third kappa shape index (κ3) is 3.11. The molecule has 3 rings (SSSR count). The molecule has 0 saturated heterocycles. The van der Waals surface area contributed by atoms with Gasteiger partial charge >= 0.3 is 5.97 Å². The number of fused-ring (bicyclic) bond motifs is 1. The van der Waals surface area contributed by atoms with Crippen molar-refractivity contribution in [2.75, 3.05) is 12.0 Å². The first-order valence-electron chi connectivity index (χ1n) is 8.04. The molecule has 0 N–H and O–H groups in total. The number of rotatable bonds is 4. The Bertz CT molecular complexity index is 879. The first kappa shape index (κ1) is 17.5. The Labute approximate surface area is 150 Å². The van der Waals surface area contributed by atoms with E-state index in [0.717, 1.165) is 4.90 Å². The van der Waals surface area contributed by atoms with Crippen molar-refractivity contribution in [3.63, 3.8) is 0 Å². The van der Waals surface area contributed by atoms with Crippen molar-refractivity contribution in [1.29, 1.82) is 0 Å². The second kappa shape index (κ2) is 7.26. The minimum Gasteiger partial charge on any atom is -0.467 e. The molecule has 132 valence electrons. The van der Waals surface area contributed by atoms with E-state index in [0.29, 0.717) is 11.1 Å². The lowest BCUT2D eigenvalue weighted by atomic mass is 9.89. The zero-order chi connectivity index (χ0) is 18.7. The molecule has 2 atom stereocenters. The highest BCUT2D eigenvalue weighted by atomic mass is 16.5. The van der Waals surface area contributed by atoms with E-state index in [-0.39, 0.29) is 5.82 Å². The maximum absolute atomic E-state index is 13.0. The van der Waals surface area contributed by atoms with Gasteiger partial charge in [-0.2, -0.15) is 0 Å². The highest BCUT2D eigenvalue weighted by Gasteiger charge is 2.39. The van der Waals surface area contributed by atoms with E-state index >= 15 is 0 Å². The molecule has 1 unspecified atom stereocenters. The topological polar surface area (TPSA) is 88.9 Å². The van der Waals surface area contributed by atoms with Gasteiger partial charge in [0, 0.05) is 18.0 Å². The monoisotopic (exact) mass is 351 g/mol. The molecule has 1 aromatic heterocycles. The molecule has 0 fully saturated rings. The number of benzene rings is 1. The van der Waals surface area contributed by atoms with Crippen LogP contribution in [0.5, 0.6) is 0 Å². The summed E-state index contributed by atoms with van der Waals surface area (Å²) in [6, 6.07) is 11.1. The molecule has 26 heavy (non-hydrogen) atoms. The fourth-order valence-corrected chi connectivity index (χ4v) is 2.75. The van der Waals surface area contributed by atoms with E-state index < -0.39 is 29.7 Å². The predicted octanol–water partition coefficient (Wildman–Crippen LogP) is 1.98. The molecule has 1 aliphatic rings. The number of esters is 1. The number of carbonyl (C=O) groups is 3. The number of hydrogen-bond acceptors (Lipinski definition) is 6. The minimum atomic E-state index is -0.794. The van der Waals surface area contributed by atoms with Crippen LogP contribution in [0, 0.1) is 0 Å². The normalized spacial score (nSPS) is 17.9. The van der Waals surface area contributed by atoms with Crippen LogP contribution in [-0.2, 0) is 14.3 Å². The van der Waals surface area contributed by atoms with Crippen LogP contribution in [0.25, 0.3) is 0 Å². The molecule has 0 saturated carbocycles. The Balaban J connectivity index is 2.04. The first-order valence-corrected chi connectivity index (χ1v) is 8.04. The summed E-state index contributed by atoms with van der Waals surface area (Å²) in [5.41, 5.74) is 0.954. The zero-order valence-electron chi connectivity index (χ0n) is 14.3. The Morgan fingerprint density at radius 1 is 1.23 bits per heavy atom. The number of aromatic nitrogens is 1. The summed E-state index contributed by atoms with van der Waals surface area (Å²) >= 11 is 0. The largest absolute Gasteiger partial charge is 0.467 e. The number of imide groups is 1. The van der Waals surface area contributed by atoms with Gasteiger partial charge in [0.1, 0.15) is 11.9 Å². The number of ether oxygens (including phenoxy) is 1. The second-order valence-corrected chi connectivity index (χ2v) is 5.73. The minimum absolute atomic E-state index is 0.247. The summed E-state index contributed by atoms with van der Waals surface area (Å²) in [6.07, 6.45) is 2.91. The lowest BCUT2D eigenvalue weighted by Gasteiger charge is -2.30. The number of methoxy groups -OCH3 is 1. The highest BCUT2D eigenvalue weighted by Crippen LogP contribution is 2.31. The number of anilines is 1. The van der Waals surface area contributed by atoms with Crippen LogP contribution in [0.3, 0.4) is 0 Å². The van der Waals surface area contributed by atoms with Gasteiger partial charge in [0.05, 0.1) is 13.0 Å². The summed E-state index contributed by atoms with van der Waals surface area (Å²) < 4.78 is 4.64. The summed E-state index contributed by atoms with van der Waals surface area (Å²) in [6.45, 7) is 1.57. The Morgan fingerprint density at radius 2 is 1.96 bits per heavy atom. The average Bonchev–Trinajstić information content (AvgIpc) is 2.68. The fraction of sp³-hybridized carbons (Fsp3) is 0.211. The van der Waals surface area contributed by atoms with E-state index in [9.17, 15) is 14.4 Å². The molecule has 0 bridgehead atoms. The Kier molecular flexibility index (Phi) is 4.88. The average molecular weight is 351 g/mol. The SMILES string of the molecule is COC(=O)[C@H](C)N=CC1C(=O)N(c2ccccn2)C(=O)c2ccccc21. The number of pyridine rings is 1. The van der Waals surface area contributed by atoms with Gasteiger partial charge in [0.2, 0.25) is 5.91 Å². The van der Waals surface area contributed by atoms with Gasteiger partial charge < -0.3 is 4.74 Å². The van der Waals surface area contributed by atoms with Crippen molar-refractivity contribution in [1.82, 2.24) is 4.98 Å². The van der Waals surface area contributed by atoms with E-state index in [4.69, 9.17) is 0 Å². The second-order valence-electron chi connectivity index (χ2n) is 5.73. The molecular weight excluding hydrogens is 334 g/mol. The first-order chi connectivity index (χ1) is 12.5. The maximum Gasteiger partial charge on any atom is 0.330 e. The number of amides is 2. The van der Waals surface area contributed by atoms with Crippen LogP contribution >= 0.6 is 0 Å². The number of nitrogens with zero attached hydrogens (tertiary/aromatic N) is 3. The quantitative estimate of drug-likeness (QED) is 0.477. The molecule has 0 aliphatic carbocycles. The van der Waals surface area contributed by atoms with E-state index in [1.54, 1.807) is 49.4 Å². The van der Waals surface area contributed by atoms with Gasteiger partial charge in [-0.15, -0.1) is 0 Å². The van der Waals surface area contributed by atoms with Crippen LogP contribution < -0.4 is 4.90 Å². The van der Waals surface area contributed by atoms with Crippen LogP contribution in [0.2, 0.25) is 0 Å². The Hall–Kier alpha value is -3.35. The molecule has 2 heterocycles. The lowest BCUT2D eigenvalue weighted by molar-refractivity contribution is -0.141. The predicted molar refractivity (Wildman–Crippen MR) is 95.2 cm³/mol. The van der Waals surface area contributed by atoms with E-state index in [1.165, 1.54) is 19.5 Å². The van der Waals surface area contributed by atoms with Crippen molar-refractivity contribution < 1.29 is 19.1 Å². The van der Waals surface area contributed by atoms with Crippen molar-refractivity contribution in [2.45, 2.75) is 18.9 Å². The van der Waals surface area contributed by atoms with Gasteiger partial charge in [-0.1, -0.05) is 24.3 Å². The van der Waals surface area contributed by atoms with Crippen molar-refractivity contribution in [3.05, 3.63) is 59.8 Å². The van der Waals surface area contributed by atoms with Gasteiger partial charge in [-0.05, 0) is 30.7 Å². The van der Waals surface area contributed by atoms with Gasteiger partial charge in [-0.3, -0.25) is 14.6 Å². The molecular formula is C19H17N3O4. The summed E-state index contributed by atoms with van der Waals surface area (Å²) in [5, 5.41) is 0. The van der Waals surface area contributed by atoms with E-state index in [1.807, 2.05) is 0 Å². The van der Waals surface area contributed by atoms with Crippen LogP contribution in [0.15, 0.2) is 53.7 Å². The Morgan fingerprint density at radius 3 is 2.65 bits per heavy atom. The van der Waals surface area contributed by atoms with Crippen LogP contribution in [0.4, 0.5) is 5.82 Å². The maximum atomic E-state index is 13.0. The van der Waals surface area contributed by atoms with Crippen LogP contribution in [-0.4, -0.2) is 42.1 Å². The molecule has 0 radical (unpaired) electrons. The molecule has 7 nitrogen and oxygen atoms in total. The molecule has 1 aliphatic heterocycles. The molecule has 1 aromatic carbocycles. The molecule has 2 amide bonds. The van der Waals surface area contributed by atoms with Crippen molar-refractivity contribution in [3.8, 4) is 0 Å². The molecule has 7 heteroatoms. The van der Waals surface area contributed by atoms with Crippen molar-refractivity contribution in [2.24, 2.45) is 4.99 Å². The summed E-state index contributed by atoms with van der Waals surface area (Å²) in [4.78, 5) is 46.7. The lowest BCUT2D eigenvalue weighted by Crippen LogP contribution is -2.46. The standard InChI is InChI=1S/C19H17N3O4/c1-12(19(25)26-2)21-11-15-13-7-3-4-8-14(13)17(23)22(18(15)24)16-9-5-6-10-20-16/h3-12,15H,1-2H3/t12-,15?/m0/s1. The fourth-order valence-electron chi connectivity index (χ4n) is 2.75. The summed E-state index contributed by atoms with van der Waals surface area (Å²) in [5.74, 6) is -1.95. The molecule has 0 spiro atoms.